The third kappa shape index (κ3) is 1.86. The summed E-state index contributed by atoms with van der Waals surface area (Å²) in [5.41, 5.74) is 3.30. The Morgan fingerprint density at radius 2 is 1.47 bits per heavy atom. The average molecular weight is 198 g/mol. The summed E-state index contributed by atoms with van der Waals surface area (Å²) >= 11 is 0. The zero-order chi connectivity index (χ0) is 10.7. The Kier molecular flexibility index (Phi) is 2.72. The summed E-state index contributed by atoms with van der Waals surface area (Å²) in [7, 11) is 0. The molecule has 0 spiro atoms. The Bertz CT molecular complexity index is 460. The maximum Gasteiger partial charge on any atom is 0.123 e. The van der Waals surface area contributed by atoms with Gasteiger partial charge in [-0.15, -0.1) is 0 Å². The van der Waals surface area contributed by atoms with E-state index in [-0.39, 0.29) is 0 Å². The molecule has 15 heavy (non-hydrogen) atoms. The molecular weight excluding hydrogens is 184 g/mol. The predicted octanol–water partition coefficient (Wildman–Crippen LogP) is 3.62. The molecule has 0 radical (unpaired) electrons. The van der Waals surface area contributed by atoms with Crippen LogP contribution in [0.5, 0.6) is 5.75 Å². The van der Waals surface area contributed by atoms with Gasteiger partial charge in [0.1, 0.15) is 5.75 Å². The lowest BCUT2D eigenvalue weighted by Crippen LogP contribution is -1.87. The minimum atomic E-state index is 0.346. The fourth-order valence-electron chi connectivity index (χ4n) is 1.79. The number of aryl methyl sites for hydroxylation is 1. The minimum absolute atomic E-state index is 0.346. The van der Waals surface area contributed by atoms with Crippen molar-refractivity contribution >= 4 is 0 Å². The van der Waals surface area contributed by atoms with Gasteiger partial charge < -0.3 is 5.11 Å². The monoisotopic (exact) mass is 198 g/mol. The molecule has 0 unspecified atom stereocenters. The topological polar surface area (TPSA) is 20.2 Å². The Labute approximate surface area is 90.0 Å². The highest BCUT2D eigenvalue weighted by Gasteiger charge is 2.06. The van der Waals surface area contributed by atoms with Crippen LogP contribution in [0.2, 0.25) is 0 Å². The van der Waals surface area contributed by atoms with Crippen LogP contribution in [0.25, 0.3) is 11.1 Å². The van der Waals surface area contributed by atoms with Gasteiger partial charge >= 0.3 is 0 Å². The summed E-state index contributed by atoms with van der Waals surface area (Å²) in [5, 5.41) is 9.78. The maximum absolute atomic E-state index is 9.78. The SMILES string of the molecule is CCc1ccccc1-c1ccccc1O. The standard InChI is InChI=1S/C14H14O/c1-2-11-7-3-4-8-12(11)13-9-5-6-10-14(13)15/h3-10,15H,2H2,1H3. The molecule has 0 bridgehead atoms. The van der Waals surface area contributed by atoms with Crippen LogP contribution in [0.15, 0.2) is 48.5 Å². The number of benzene rings is 2. The van der Waals surface area contributed by atoms with Gasteiger partial charge in [0.15, 0.2) is 0 Å². The van der Waals surface area contributed by atoms with Crippen molar-refractivity contribution in [1.29, 1.82) is 0 Å². The first-order valence-corrected chi connectivity index (χ1v) is 5.19. The highest BCUT2D eigenvalue weighted by molar-refractivity contribution is 5.72. The second-order valence-corrected chi connectivity index (χ2v) is 3.53. The first-order valence-electron chi connectivity index (χ1n) is 5.19. The van der Waals surface area contributed by atoms with Crippen LogP contribution in [-0.2, 0) is 6.42 Å². The van der Waals surface area contributed by atoms with E-state index in [0.717, 1.165) is 17.5 Å². The van der Waals surface area contributed by atoms with Gasteiger partial charge in [-0.05, 0) is 23.6 Å². The lowest BCUT2D eigenvalue weighted by molar-refractivity contribution is 0.477. The van der Waals surface area contributed by atoms with Crippen LogP contribution < -0.4 is 0 Å². The van der Waals surface area contributed by atoms with Gasteiger partial charge in [0.25, 0.3) is 0 Å². The average Bonchev–Trinajstić information content (AvgIpc) is 2.30. The Morgan fingerprint density at radius 1 is 0.867 bits per heavy atom. The summed E-state index contributed by atoms with van der Waals surface area (Å²) in [4.78, 5) is 0. The van der Waals surface area contributed by atoms with Crippen LogP contribution in [0.1, 0.15) is 12.5 Å². The normalized spacial score (nSPS) is 10.2. The van der Waals surface area contributed by atoms with Crippen molar-refractivity contribution in [3.05, 3.63) is 54.1 Å². The molecule has 0 aliphatic carbocycles. The molecule has 0 fully saturated rings. The molecule has 2 rings (SSSR count). The molecule has 0 aromatic heterocycles. The van der Waals surface area contributed by atoms with Crippen LogP contribution >= 0.6 is 0 Å². The smallest absolute Gasteiger partial charge is 0.123 e. The van der Waals surface area contributed by atoms with Gasteiger partial charge in [-0.1, -0.05) is 49.4 Å². The van der Waals surface area contributed by atoms with E-state index in [1.54, 1.807) is 6.07 Å². The van der Waals surface area contributed by atoms with E-state index in [0.29, 0.717) is 5.75 Å². The minimum Gasteiger partial charge on any atom is -0.507 e. The third-order valence-corrected chi connectivity index (χ3v) is 2.59. The maximum atomic E-state index is 9.78. The van der Waals surface area contributed by atoms with E-state index in [1.807, 2.05) is 36.4 Å². The molecule has 0 saturated carbocycles. The summed E-state index contributed by atoms with van der Waals surface area (Å²) in [6, 6.07) is 15.6. The van der Waals surface area contributed by atoms with Crippen molar-refractivity contribution < 1.29 is 5.11 Å². The number of phenols is 1. The first-order chi connectivity index (χ1) is 7.33. The van der Waals surface area contributed by atoms with Crippen molar-refractivity contribution in [2.45, 2.75) is 13.3 Å². The molecule has 1 nitrogen and oxygen atoms in total. The van der Waals surface area contributed by atoms with Gasteiger partial charge in [0.05, 0.1) is 0 Å². The third-order valence-electron chi connectivity index (χ3n) is 2.59. The number of phenolic OH excluding ortho intramolecular Hbond substituents is 1. The van der Waals surface area contributed by atoms with Crippen molar-refractivity contribution in [3.8, 4) is 16.9 Å². The second kappa shape index (κ2) is 4.18. The Morgan fingerprint density at radius 3 is 2.13 bits per heavy atom. The fourth-order valence-corrected chi connectivity index (χ4v) is 1.79. The highest BCUT2D eigenvalue weighted by atomic mass is 16.3. The van der Waals surface area contributed by atoms with Crippen molar-refractivity contribution in [2.75, 3.05) is 0 Å². The van der Waals surface area contributed by atoms with Crippen molar-refractivity contribution in [1.82, 2.24) is 0 Å². The Hall–Kier alpha value is -1.76. The van der Waals surface area contributed by atoms with E-state index < -0.39 is 0 Å². The van der Waals surface area contributed by atoms with Crippen LogP contribution in [-0.4, -0.2) is 5.11 Å². The molecule has 0 atom stereocenters. The summed E-state index contributed by atoms with van der Waals surface area (Å²) < 4.78 is 0. The lowest BCUT2D eigenvalue weighted by Gasteiger charge is -2.09. The molecule has 0 amide bonds. The van der Waals surface area contributed by atoms with E-state index in [2.05, 4.69) is 13.0 Å². The second-order valence-electron chi connectivity index (χ2n) is 3.53. The van der Waals surface area contributed by atoms with E-state index in [9.17, 15) is 5.11 Å². The van der Waals surface area contributed by atoms with Gasteiger partial charge in [0, 0.05) is 5.56 Å². The highest BCUT2D eigenvalue weighted by Crippen LogP contribution is 2.31. The van der Waals surface area contributed by atoms with Crippen LogP contribution in [0, 0.1) is 0 Å². The molecule has 0 heterocycles. The van der Waals surface area contributed by atoms with Gasteiger partial charge in [-0.25, -0.2) is 0 Å². The number of hydrogen-bond donors (Lipinski definition) is 1. The van der Waals surface area contributed by atoms with Crippen molar-refractivity contribution in [2.24, 2.45) is 0 Å². The molecule has 76 valence electrons. The molecule has 2 aromatic rings. The summed E-state index contributed by atoms with van der Waals surface area (Å²) in [6.07, 6.45) is 0.977. The Balaban J connectivity index is 2.59. The number of hydrogen-bond acceptors (Lipinski definition) is 1. The molecule has 1 heteroatoms. The number of rotatable bonds is 2. The van der Waals surface area contributed by atoms with Crippen LogP contribution in [0.3, 0.4) is 0 Å². The zero-order valence-electron chi connectivity index (χ0n) is 8.77. The summed E-state index contributed by atoms with van der Waals surface area (Å²) in [5.74, 6) is 0.346. The molecule has 1 N–H and O–H groups in total. The number of aromatic hydroxyl groups is 1. The largest absolute Gasteiger partial charge is 0.507 e. The van der Waals surface area contributed by atoms with E-state index in [4.69, 9.17) is 0 Å². The van der Waals surface area contributed by atoms with Gasteiger partial charge in [-0.3, -0.25) is 0 Å². The van der Waals surface area contributed by atoms with Gasteiger partial charge in [-0.2, -0.15) is 0 Å². The van der Waals surface area contributed by atoms with Gasteiger partial charge in [0.2, 0.25) is 0 Å². The zero-order valence-corrected chi connectivity index (χ0v) is 8.77. The summed E-state index contributed by atoms with van der Waals surface area (Å²) in [6.45, 7) is 2.12. The molecule has 0 aliphatic heterocycles. The first kappa shape index (κ1) is 9.78. The fraction of sp³-hybridized carbons (Fsp3) is 0.143. The van der Waals surface area contributed by atoms with Crippen LogP contribution in [0.4, 0.5) is 0 Å². The molecular formula is C14H14O. The predicted molar refractivity (Wildman–Crippen MR) is 62.9 cm³/mol. The van der Waals surface area contributed by atoms with E-state index >= 15 is 0 Å². The number of para-hydroxylation sites is 1. The lowest BCUT2D eigenvalue weighted by atomic mass is 9.97. The van der Waals surface area contributed by atoms with Crippen molar-refractivity contribution in [3.63, 3.8) is 0 Å². The molecule has 0 saturated heterocycles. The van der Waals surface area contributed by atoms with E-state index in [1.165, 1.54) is 5.56 Å². The molecule has 0 aliphatic rings. The quantitative estimate of drug-likeness (QED) is 0.781. The molecule has 2 aromatic carbocycles.